The van der Waals surface area contributed by atoms with Gasteiger partial charge in [-0.1, -0.05) is 18.2 Å². The number of hydrogen-bond acceptors (Lipinski definition) is 26. The number of nitrogens with two attached hydrogens (primary N) is 4. The summed E-state index contributed by atoms with van der Waals surface area (Å²) in [6.07, 6.45) is 3.49. The monoisotopic (exact) mass is 1690 g/mol. The van der Waals surface area contributed by atoms with Crippen LogP contribution >= 0.6 is 0 Å². The molecule has 644 valence electrons. The second kappa shape index (κ2) is 39.4. The molecule has 2 atom stereocenters. The van der Waals surface area contributed by atoms with E-state index in [9.17, 15) is 77.3 Å². The maximum absolute atomic E-state index is 13.9. The average Bonchev–Trinajstić information content (AvgIpc) is 0.745. The van der Waals surface area contributed by atoms with Crippen LogP contribution < -0.4 is 106 Å². The van der Waals surface area contributed by atoms with E-state index in [1.54, 1.807) is 18.2 Å². The summed E-state index contributed by atoms with van der Waals surface area (Å²) in [5.74, 6) is -10.0. The van der Waals surface area contributed by atoms with E-state index in [1.165, 1.54) is 109 Å². The molecular weight excluding hydrogens is 1610 g/mol. The molecule has 2 saturated heterocycles. The predicted octanol–water partition coefficient (Wildman–Crippen LogP) is 3.79. The fraction of sp³-hybridized carbons (Fsp3) is 0.306. The first-order valence-electron chi connectivity index (χ1n) is 40.0. The third-order valence-corrected chi connectivity index (χ3v) is 21.3. The van der Waals surface area contributed by atoms with Crippen molar-refractivity contribution in [3.8, 4) is 39.7 Å². The second-order valence-electron chi connectivity index (χ2n) is 29.9. The number of aromatic nitrogens is 3. The van der Waals surface area contributed by atoms with Crippen molar-refractivity contribution in [3.63, 3.8) is 0 Å². The van der Waals surface area contributed by atoms with Crippen molar-refractivity contribution < 1.29 is 86.4 Å². The van der Waals surface area contributed by atoms with Crippen LogP contribution in [0.2, 0.25) is 0 Å². The highest BCUT2D eigenvalue weighted by Gasteiger charge is 2.34. The van der Waals surface area contributed by atoms with E-state index in [-0.39, 0.29) is 192 Å². The number of aromatic carboxylic acids is 1. The van der Waals surface area contributed by atoms with E-state index >= 15 is 0 Å². The number of rotatable bonds is 24. The molecule has 1 aliphatic carbocycles. The molecule has 0 radical (unpaired) electrons. The van der Waals surface area contributed by atoms with Gasteiger partial charge in [-0.05, 0) is 180 Å². The molecule has 6 aromatic carbocycles. The van der Waals surface area contributed by atoms with E-state index in [0.717, 1.165) is 0 Å². The minimum absolute atomic E-state index is 0.0205. The zero-order valence-electron chi connectivity index (χ0n) is 66.9. The number of hydrogen-bond donors (Lipinski definition) is 17. The lowest BCUT2D eigenvalue weighted by atomic mass is 9.90. The van der Waals surface area contributed by atoms with Crippen LogP contribution in [0.3, 0.4) is 0 Å². The fourth-order valence-corrected chi connectivity index (χ4v) is 14.7. The quantitative estimate of drug-likeness (QED) is 0.0302. The molecule has 1 aromatic heterocycles. The number of phenolic OH excluding ortho intramolecular Hbond substituents is 1. The van der Waals surface area contributed by atoms with Gasteiger partial charge < -0.3 is 115 Å². The molecular formula is C85H90N20O19. The molecule has 124 heavy (non-hydrogen) atoms. The maximum atomic E-state index is 13.9. The summed E-state index contributed by atoms with van der Waals surface area (Å²) in [6.45, 7) is -0.976. The van der Waals surface area contributed by atoms with Crippen molar-refractivity contribution in [3.05, 3.63) is 177 Å². The molecule has 21 N–H and O–H groups in total. The summed E-state index contributed by atoms with van der Waals surface area (Å²) >= 11 is 0. The van der Waals surface area contributed by atoms with Crippen LogP contribution in [0.15, 0.2) is 137 Å². The lowest BCUT2D eigenvalue weighted by molar-refractivity contribution is -0.128. The van der Waals surface area contributed by atoms with Crippen molar-refractivity contribution in [2.45, 2.75) is 89.5 Å². The number of carboxylic acid groups (broad SMARTS) is 1. The SMILES string of the molecule is NCCCC[C@@H]1NC(=O)CNC(=O)c2cc(NC(=O)CNC(=O)C3CCN(c4nc(Nc5ccc(-c6c7ccc(=O)cc-7oc7cc(O)ccc67)c(C(=O)O)c5)nc(N5CCC(C(=O)NCC(=O)Nc6ccc7c(c6)C(=O)NCC(=O)N[C@@H](CCCCN)C(=O)Nc6cc(C(N)=O)ccc6CO7)CC5)n4)CC3)ccc2OCc2ccc(C(N)=O)cc2NC1=O. The van der Waals surface area contributed by atoms with Gasteiger partial charge in [0.1, 0.15) is 53.9 Å². The first-order valence-corrected chi connectivity index (χ1v) is 40.0. The van der Waals surface area contributed by atoms with Crippen LogP contribution in [0.25, 0.3) is 33.4 Å². The summed E-state index contributed by atoms with van der Waals surface area (Å²) in [5, 5.41) is 51.7. The number of ether oxygens (including phenoxy) is 2. The third-order valence-electron chi connectivity index (χ3n) is 21.3. The van der Waals surface area contributed by atoms with Crippen molar-refractivity contribution in [2.75, 3.05) is 102 Å². The lowest BCUT2D eigenvalue weighted by Crippen LogP contribution is -2.47. The molecule has 5 aliphatic heterocycles. The van der Waals surface area contributed by atoms with E-state index in [2.05, 4.69) is 58.5 Å². The first kappa shape index (κ1) is 86.7. The van der Waals surface area contributed by atoms with E-state index < -0.39 is 127 Å². The Labute approximate surface area is 706 Å². The summed E-state index contributed by atoms with van der Waals surface area (Å²) < 4.78 is 18.3. The van der Waals surface area contributed by atoms with Crippen molar-refractivity contribution in [1.82, 2.24) is 46.9 Å². The largest absolute Gasteiger partial charge is 0.508 e. The number of unbranched alkanes of at least 4 members (excludes halogenated alkanes) is 2. The van der Waals surface area contributed by atoms with Gasteiger partial charge in [0.2, 0.25) is 76.9 Å². The Balaban J connectivity index is 0.677. The van der Waals surface area contributed by atoms with Gasteiger partial charge in [0.15, 0.2) is 5.43 Å². The van der Waals surface area contributed by atoms with Crippen LogP contribution in [0.4, 0.5) is 46.3 Å². The standard InChI is InChI=1S/C85H90N20O19/c86-25-3-1-5-61-80(118)99-63-31-46(74(88)112)7-9-48(63)42-122-65-19-12-50(34-59(65)78(116)92-40-71(110)97-61)94-69(108)38-90-76(114)44-21-27-104(28-22-44)84-101-83(96-52-11-16-55(58(33-52)82(120)121)73-56-17-14-53(106)36-67(56)124-68-37-54(107)15-18-57(68)73)102-85(103-84)105-29-23-45(24-30-105)77(115)91-39-70(109)95-51-13-20-66-60(35-51)79(117)93-41-72(111)98-62(6-2-4-26-87)81(119)100-64-32-47(75(89)113)8-10-49(64)43-123-66/h7-20,31-37,44-45,61-62,106H,1-6,21-30,38-43,86-87H2,(H2,88,112)(H2,89,113)(H,90,114)(H,91,115)(H,92,116)(H,93,117)(H,94,108)(H,95,109)(H,97,110)(H,98,111)(H,99,118)(H,100,119)(H,120,121)(H,96,101,102,103)/t61-,62-/m0/s1. The number of amides is 12. The molecule has 6 aliphatic rings. The van der Waals surface area contributed by atoms with Gasteiger partial charge in [0, 0.05) is 117 Å². The highest BCUT2D eigenvalue weighted by molar-refractivity contribution is 6.10. The molecule has 39 heteroatoms. The smallest absolute Gasteiger partial charge is 0.336 e. The molecule has 13 rings (SSSR count). The summed E-state index contributed by atoms with van der Waals surface area (Å²) in [7, 11) is 0. The number of primary amides is 2. The van der Waals surface area contributed by atoms with Gasteiger partial charge >= 0.3 is 5.97 Å². The molecule has 12 amide bonds. The van der Waals surface area contributed by atoms with Gasteiger partial charge in [0.05, 0.1) is 42.9 Å². The fourth-order valence-electron chi connectivity index (χ4n) is 14.7. The Morgan fingerprint density at radius 1 is 0.516 bits per heavy atom. The van der Waals surface area contributed by atoms with Crippen molar-refractivity contribution >= 4 is 134 Å². The van der Waals surface area contributed by atoms with Crippen molar-refractivity contribution in [1.29, 1.82) is 0 Å². The Hall–Kier alpha value is -15.2. The molecule has 2 fully saturated rings. The Bertz CT molecular complexity index is 5490. The maximum Gasteiger partial charge on any atom is 0.336 e. The molecule has 6 heterocycles. The number of phenols is 1. The molecule has 0 spiro atoms. The molecule has 0 saturated carbocycles. The zero-order chi connectivity index (χ0) is 87.8. The van der Waals surface area contributed by atoms with E-state index in [1.807, 2.05) is 9.80 Å². The van der Waals surface area contributed by atoms with Gasteiger partial charge in [0.25, 0.3) is 11.8 Å². The Kier molecular flexibility index (Phi) is 27.5. The number of anilines is 8. The molecule has 39 nitrogen and oxygen atoms in total. The van der Waals surface area contributed by atoms with Crippen LogP contribution in [0.5, 0.6) is 17.2 Å². The number of nitrogens with one attached hydrogen (secondary N) is 11. The highest BCUT2D eigenvalue weighted by Crippen LogP contribution is 2.43. The van der Waals surface area contributed by atoms with Gasteiger partial charge in [-0.2, -0.15) is 15.0 Å². The van der Waals surface area contributed by atoms with Crippen LogP contribution in [-0.4, -0.2) is 180 Å². The van der Waals surface area contributed by atoms with Gasteiger partial charge in [-0.25, -0.2) is 4.79 Å². The number of piperidine rings is 2. The number of nitrogens with zero attached hydrogens (tertiary/aromatic N) is 5. The normalized spacial score (nSPS) is 16.2. The lowest BCUT2D eigenvalue weighted by Gasteiger charge is -2.34. The second-order valence-corrected chi connectivity index (χ2v) is 29.9. The Morgan fingerprint density at radius 3 is 1.48 bits per heavy atom. The number of carboxylic acids is 1. The van der Waals surface area contributed by atoms with Crippen LogP contribution in [0.1, 0.15) is 127 Å². The minimum Gasteiger partial charge on any atom is -0.508 e. The van der Waals surface area contributed by atoms with E-state index in [0.29, 0.717) is 66.4 Å². The van der Waals surface area contributed by atoms with E-state index in [4.69, 9.17) is 51.8 Å². The summed E-state index contributed by atoms with van der Waals surface area (Å²) in [5.41, 5.74) is 24.8. The number of carbonyl (C=O) groups excluding carboxylic acids is 12. The zero-order valence-corrected chi connectivity index (χ0v) is 66.9. The molecule has 0 bridgehead atoms. The predicted molar refractivity (Wildman–Crippen MR) is 452 cm³/mol. The average molecular weight is 1700 g/mol. The minimum atomic E-state index is -1.32. The Morgan fingerprint density at radius 2 is 1.00 bits per heavy atom. The van der Waals surface area contributed by atoms with Crippen molar-refractivity contribution in [2.24, 2.45) is 34.8 Å². The molecule has 7 aromatic rings. The summed E-state index contributed by atoms with van der Waals surface area (Å²) in [6, 6.07) is 28.0. The number of benzene rings is 7. The van der Waals surface area contributed by atoms with Crippen LogP contribution in [0, 0.1) is 11.8 Å². The highest BCUT2D eigenvalue weighted by atomic mass is 16.5. The topological polar surface area (TPSA) is 593 Å². The number of aromatic hydroxyl groups is 1. The summed E-state index contributed by atoms with van der Waals surface area (Å²) in [4.78, 5) is 205. The molecule has 0 unspecified atom stereocenters. The van der Waals surface area contributed by atoms with Crippen LogP contribution in [-0.2, 0) is 51.6 Å². The number of fused-ring (bicyclic) bond motifs is 6. The first-order chi connectivity index (χ1) is 59.7. The third kappa shape index (κ3) is 21.5. The number of carbonyl (C=O) groups is 13. The van der Waals surface area contributed by atoms with Gasteiger partial charge in [-0.15, -0.1) is 0 Å². The van der Waals surface area contributed by atoms with Gasteiger partial charge in [-0.3, -0.25) is 62.3 Å².